The third-order valence-corrected chi connectivity index (χ3v) is 6.21. The molecule has 3 aliphatic rings. The van der Waals surface area contributed by atoms with Crippen molar-refractivity contribution >= 4 is 11.8 Å². The van der Waals surface area contributed by atoms with Gasteiger partial charge in [0.1, 0.15) is 28.7 Å². The molecular formula is C21H17F3N3NaO5. The van der Waals surface area contributed by atoms with E-state index in [1.54, 1.807) is 0 Å². The van der Waals surface area contributed by atoms with E-state index in [0.29, 0.717) is 18.6 Å². The van der Waals surface area contributed by atoms with Crippen molar-refractivity contribution < 1.29 is 62.2 Å². The van der Waals surface area contributed by atoms with Gasteiger partial charge in [0, 0.05) is 36.5 Å². The Kier molecular flexibility index (Phi) is 6.34. The fourth-order valence-electron chi connectivity index (χ4n) is 4.70. The molecule has 1 N–H and O–H groups in total. The van der Waals surface area contributed by atoms with E-state index in [1.165, 1.54) is 9.47 Å². The molecule has 3 heterocycles. The third-order valence-electron chi connectivity index (χ3n) is 6.21. The van der Waals surface area contributed by atoms with E-state index in [1.807, 2.05) is 0 Å². The van der Waals surface area contributed by atoms with Gasteiger partial charge >= 0.3 is 29.6 Å². The SMILES string of the molecule is O=C(NCc1c(F)cc(F)cc1F)c1cn2c(c([O-])c1=O)C(=O)N1C(C2)O[C@@H]2CC[C@H]1C2.[Na+]. The minimum Gasteiger partial charge on any atom is -0.868 e. The summed E-state index contributed by atoms with van der Waals surface area (Å²) in [6.45, 7) is -0.598. The van der Waals surface area contributed by atoms with Crippen molar-refractivity contribution in [1.82, 2.24) is 14.8 Å². The predicted octanol–water partition coefficient (Wildman–Crippen LogP) is -1.99. The van der Waals surface area contributed by atoms with Crippen molar-refractivity contribution in [3.63, 3.8) is 0 Å². The maximum atomic E-state index is 13.8. The molecule has 2 aliphatic heterocycles. The molecule has 12 heteroatoms. The van der Waals surface area contributed by atoms with Crippen LogP contribution in [0.15, 0.2) is 23.1 Å². The molecule has 0 radical (unpaired) electrons. The maximum Gasteiger partial charge on any atom is 1.00 e. The van der Waals surface area contributed by atoms with Crippen LogP contribution in [0.1, 0.15) is 45.7 Å². The van der Waals surface area contributed by atoms with Gasteiger partial charge < -0.3 is 24.6 Å². The number of nitrogens with one attached hydrogen (secondary N) is 1. The van der Waals surface area contributed by atoms with Gasteiger partial charge in [0.25, 0.3) is 11.8 Å². The quantitative estimate of drug-likeness (QED) is 0.522. The Morgan fingerprint density at radius 2 is 1.88 bits per heavy atom. The summed E-state index contributed by atoms with van der Waals surface area (Å²) in [6, 6.07) is 0.865. The van der Waals surface area contributed by atoms with Gasteiger partial charge in [0.05, 0.1) is 12.6 Å². The second-order valence-electron chi connectivity index (χ2n) is 8.12. The Morgan fingerprint density at radius 3 is 2.58 bits per heavy atom. The molecule has 1 saturated carbocycles. The first kappa shape index (κ1) is 23.8. The van der Waals surface area contributed by atoms with Crippen molar-refractivity contribution in [3.05, 3.63) is 62.8 Å². The fraction of sp³-hybridized carbons (Fsp3) is 0.381. The van der Waals surface area contributed by atoms with Gasteiger partial charge in [-0.15, -0.1) is 0 Å². The molecule has 1 unspecified atom stereocenters. The Bertz CT molecular complexity index is 1200. The number of amides is 2. The number of ether oxygens (including phenoxy) is 1. The zero-order valence-electron chi connectivity index (χ0n) is 17.6. The van der Waals surface area contributed by atoms with Crippen LogP contribution in [0, 0.1) is 17.5 Å². The van der Waals surface area contributed by atoms with Crippen molar-refractivity contribution in [2.75, 3.05) is 0 Å². The van der Waals surface area contributed by atoms with E-state index in [2.05, 4.69) is 5.32 Å². The average molecular weight is 471 g/mol. The number of halogens is 3. The predicted molar refractivity (Wildman–Crippen MR) is 100 cm³/mol. The number of carbonyl (C=O) groups excluding carboxylic acids is 2. The van der Waals surface area contributed by atoms with Crippen LogP contribution < -0.4 is 45.4 Å². The molecular weight excluding hydrogens is 454 g/mol. The number of carbonyl (C=O) groups is 2. The third kappa shape index (κ3) is 3.96. The van der Waals surface area contributed by atoms with Crippen LogP contribution >= 0.6 is 0 Å². The van der Waals surface area contributed by atoms with E-state index in [0.717, 1.165) is 19.0 Å². The number of pyridine rings is 1. The second kappa shape index (κ2) is 8.79. The average Bonchev–Trinajstić information content (AvgIpc) is 3.10. The number of fused-ring (bicyclic) bond motifs is 5. The standard InChI is InChI=1S/C21H18F3N3O5.Na/c22-9-3-14(23)12(15(24)4-9)6-25-20(30)13-7-26-8-16-27(10-1-2-11(5-10)32-16)21(31)17(26)19(29)18(13)28;/h3-4,7,10-11,16,29H,1-2,5-6,8H2,(H,25,30);/q;+1/p-1/t10-,11+,16?;/m0./s1. The molecule has 2 amide bonds. The number of hydrogen-bond acceptors (Lipinski definition) is 5. The molecule has 33 heavy (non-hydrogen) atoms. The van der Waals surface area contributed by atoms with Crippen molar-refractivity contribution in [2.24, 2.45) is 0 Å². The normalized spacial score (nSPS) is 22.9. The molecule has 2 fully saturated rings. The van der Waals surface area contributed by atoms with E-state index in [4.69, 9.17) is 4.74 Å². The molecule has 0 spiro atoms. The first-order valence-corrected chi connectivity index (χ1v) is 10.1. The molecule has 5 rings (SSSR count). The number of nitrogens with zero attached hydrogens (tertiary/aromatic N) is 2. The number of hydrogen-bond donors (Lipinski definition) is 1. The molecule has 1 aromatic heterocycles. The molecule has 2 aromatic rings. The Labute approximate surface area is 207 Å². The van der Waals surface area contributed by atoms with E-state index >= 15 is 0 Å². The smallest absolute Gasteiger partial charge is 0.868 e. The topological polar surface area (TPSA) is 104 Å². The van der Waals surface area contributed by atoms with Gasteiger partial charge in [-0.05, 0) is 25.0 Å². The van der Waals surface area contributed by atoms with Crippen LogP contribution in [-0.4, -0.2) is 39.7 Å². The van der Waals surface area contributed by atoms with Crippen LogP contribution in [0.4, 0.5) is 13.2 Å². The number of rotatable bonds is 3. The first-order valence-electron chi connectivity index (χ1n) is 10.1. The van der Waals surface area contributed by atoms with Gasteiger partial charge in [-0.1, -0.05) is 0 Å². The molecule has 8 nitrogen and oxygen atoms in total. The zero-order valence-corrected chi connectivity index (χ0v) is 19.6. The van der Waals surface area contributed by atoms with Crippen LogP contribution in [0.3, 0.4) is 0 Å². The molecule has 3 atom stereocenters. The molecule has 1 saturated heterocycles. The monoisotopic (exact) mass is 471 g/mol. The van der Waals surface area contributed by atoms with Crippen LogP contribution in [0.25, 0.3) is 0 Å². The molecule has 2 bridgehead atoms. The zero-order chi connectivity index (χ0) is 22.7. The molecule has 168 valence electrons. The van der Waals surface area contributed by atoms with Gasteiger partial charge in [0.2, 0.25) is 0 Å². The molecule has 1 aromatic carbocycles. The van der Waals surface area contributed by atoms with Crippen molar-refractivity contribution in [2.45, 2.75) is 50.7 Å². The molecule has 1 aliphatic carbocycles. The Balaban J connectivity index is 0.00000259. The van der Waals surface area contributed by atoms with Gasteiger partial charge in [-0.3, -0.25) is 14.4 Å². The fourth-order valence-corrected chi connectivity index (χ4v) is 4.70. The van der Waals surface area contributed by atoms with Crippen LogP contribution in [0.5, 0.6) is 5.75 Å². The van der Waals surface area contributed by atoms with E-state index in [9.17, 15) is 32.7 Å². The van der Waals surface area contributed by atoms with Crippen molar-refractivity contribution in [3.8, 4) is 5.75 Å². The summed E-state index contributed by atoms with van der Waals surface area (Å²) < 4.78 is 47.8. The minimum absolute atomic E-state index is 0. The second-order valence-corrected chi connectivity index (χ2v) is 8.12. The van der Waals surface area contributed by atoms with Gasteiger partial charge in [-0.25, -0.2) is 13.2 Å². The van der Waals surface area contributed by atoms with Crippen LogP contribution in [-0.2, 0) is 17.8 Å². The van der Waals surface area contributed by atoms with Crippen LogP contribution in [0.2, 0.25) is 0 Å². The summed E-state index contributed by atoms with van der Waals surface area (Å²) in [6.07, 6.45) is 2.72. The summed E-state index contributed by atoms with van der Waals surface area (Å²) in [5.74, 6) is -6.31. The summed E-state index contributed by atoms with van der Waals surface area (Å²) in [5, 5.41) is 14.8. The summed E-state index contributed by atoms with van der Waals surface area (Å²) >= 11 is 0. The summed E-state index contributed by atoms with van der Waals surface area (Å²) in [4.78, 5) is 39.6. The summed E-state index contributed by atoms with van der Waals surface area (Å²) in [5.41, 5.74) is -2.70. The van der Waals surface area contributed by atoms with Crippen molar-refractivity contribution in [1.29, 1.82) is 0 Å². The van der Waals surface area contributed by atoms with Gasteiger partial charge in [-0.2, -0.15) is 0 Å². The number of benzene rings is 1. The Hall–Kier alpha value is -2.34. The minimum atomic E-state index is -1.20. The number of aromatic nitrogens is 1. The largest absolute Gasteiger partial charge is 1.00 e. The van der Waals surface area contributed by atoms with E-state index in [-0.39, 0.29) is 53.9 Å². The Morgan fingerprint density at radius 1 is 1.18 bits per heavy atom. The van der Waals surface area contributed by atoms with Gasteiger partial charge in [0.15, 0.2) is 11.7 Å². The van der Waals surface area contributed by atoms with E-state index < -0.39 is 64.3 Å². The maximum absolute atomic E-state index is 13.8. The first-order chi connectivity index (χ1) is 15.2. The summed E-state index contributed by atoms with van der Waals surface area (Å²) in [7, 11) is 0.